The Balaban J connectivity index is 1.92. The lowest BCUT2D eigenvalue weighted by atomic mass is 9.94. The van der Waals surface area contributed by atoms with Crippen LogP contribution >= 0.6 is 34.5 Å². The van der Waals surface area contributed by atoms with Gasteiger partial charge in [0.15, 0.2) is 16.3 Å². The lowest BCUT2D eigenvalue weighted by Gasteiger charge is -2.29. The smallest absolute Gasteiger partial charge is 0.271 e. The molecule has 4 rings (SSSR count). The van der Waals surface area contributed by atoms with Crippen molar-refractivity contribution < 1.29 is 14.3 Å². The third-order valence-corrected chi connectivity index (χ3v) is 7.91. The summed E-state index contributed by atoms with van der Waals surface area (Å²) in [4.78, 5) is 34.6. The molecular weight excluding hydrogens is 557 g/mol. The number of carbonyl (C=O) groups excluding carboxylic acids is 1. The summed E-state index contributed by atoms with van der Waals surface area (Å²) >= 11 is 14.0. The number of allylic oxidation sites excluding steroid dienone is 1. The van der Waals surface area contributed by atoms with Crippen LogP contribution in [0, 0.1) is 0 Å². The average Bonchev–Trinajstić information content (AvgIpc) is 3.19. The average molecular weight is 589 g/mol. The molecule has 0 radical (unpaired) electrons. The van der Waals surface area contributed by atoms with Crippen molar-refractivity contribution in [1.29, 1.82) is 0 Å². The molecule has 206 valence electrons. The normalized spacial score (nSPS) is 15.3. The monoisotopic (exact) mass is 587 g/mol. The van der Waals surface area contributed by atoms with Gasteiger partial charge in [-0.05, 0) is 76.1 Å². The second-order valence-electron chi connectivity index (χ2n) is 9.31. The lowest BCUT2D eigenvalue weighted by molar-refractivity contribution is -0.127. The number of carbonyl (C=O) groups is 1. The first-order valence-electron chi connectivity index (χ1n) is 12.7. The number of benzene rings is 2. The summed E-state index contributed by atoms with van der Waals surface area (Å²) in [5, 5.41) is 0.947. The fraction of sp³-hybridized carbons (Fsp3) is 0.345. The van der Waals surface area contributed by atoms with Gasteiger partial charge in [-0.2, -0.15) is 0 Å². The van der Waals surface area contributed by atoms with Crippen LogP contribution in [0.4, 0.5) is 0 Å². The first-order chi connectivity index (χ1) is 18.6. The molecule has 1 aliphatic heterocycles. The highest BCUT2D eigenvalue weighted by Crippen LogP contribution is 2.37. The Kier molecular flexibility index (Phi) is 8.89. The number of methoxy groups -OCH3 is 1. The number of likely N-dealkylation sites (N-methyl/N-ethyl adjacent to an activating group) is 1. The standard InChI is InChI=1S/C29H31Cl2N3O4S/c1-7-33(8-2)28(36)24-17(5)32-29-34(25(24)19-9-11-20(30)12-10-19)27(35)23(39-29)15-18-13-21(31)26(38-16(3)4)22(14-18)37-6/h9-16,25H,7-8H2,1-6H3/b23-15+/t25-/m1/s1. The summed E-state index contributed by atoms with van der Waals surface area (Å²) in [5.74, 6) is 0.774. The van der Waals surface area contributed by atoms with E-state index in [2.05, 4.69) is 0 Å². The van der Waals surface area contributed by atoms with Gasteiger partial charge in [0.1, 0.15) is 0 Å². The molecule has 0 bridgehead atoms. The number of hydrogen-bond acceptors (Lipinski definition) is 6. The van der Waals surface area contributed by atoms with Gasteiger partial charge in [-0.3, -0.25) is 14.2 Å². The number of hydrogen-bond donors (Lipinski definition) is 0. The maximum Gasteiger partial charge on any atom is 0.271 e. The predicted octanol–water partition coefficient (Wildman–Crippen LogP) is 5.21. The number of thiazole rings is 1. The summed E-state index contributed by atoms with van der Waals surface area (Å²) in [6.45, 7) is 10.6. The van der Waals surface area contributed by atoms with E-state index in [0.717, 1.165) is 5.56 Å². The van der Waals surface area contributed by atoms with Crippen molar-refractivity contribution in [2.24, 2.45) is 4.99 Å². The number of halogens is 2. The maximum absolute atomic E-state index is 13.9. The molecular formula is C29H31Cl2N3O4S. The Hall–Kier alpha value is -3.07. The minimum absolute atomic E-state index is 0.0877. The summed E-state index contributed by atoms with van der Waals surface area (Å²) in [5.41, 5.74) is 2.25. The van der Waals surface area contributed by atoms with Gasteiger partial charge < -0.3 is 14.4 Å². The predicted molar refractivity (Wildman–Crippen MR) is 157 cm³/mol. The van der Waals surface area contributed by atoms with Crippen LogP contribution in [0.25, 0.3) is 6.08 Å². The largest absolute Gasteiger partial charge is 0.493 e. The van der Waals surface area contributed by atoms with E-state index in [4.69, 9.17) is 37.7 Å². The van der Waals surface area contributed by atoms with Gasteiger partial charge in [0, 0.05) is 18.1 Å². The van der Waals surface area contributed by atoms with Crippen molar-refractivity contribution in [3.63, 3.8) is 0 Å². The van der Waals surface area contributed by atoms with Crippen molar-refractivity contribution >= 4 is 46.5 Å². The number of rotatable bonds is 8. The fourth-order valence-corrected chi connectivity index (χ4v) is 6.00. The SMILES string of the molecule is CCN(CC)C(=O)C1=C(C)N=c2s/c(=C/c3cc(Cl)c(OC(C)C)c(OC)c3)c(=O)n2[C@@H]1c1ccc(Cl)cc1. The zero-order valence-corrected chi connectivity index (χ0v) is 25.1. The molecule has 10 heteroatoms. The zero-order chi connectivity index (χ0) is 28.4. The van der Waals surface area contributed by atoms with Gasteiger partial charge in [0.2, 0.25) is 0 Å². The van der Waals surface area contributed by atoms with Crippen molar-refractivity contribution in [3.8, 4) is 11.5 Å². The first-order valence-corrected chi connectivity index (χ1v) is 14.3. The fourth-order valence-electron chi connectivity index (χ4n) is 4.56. The quantitative estimate of drug-likeness (QED) is 0.363. The molecule has 7 nitrogen and oxygen atoms in total. The second-order valence-corrected chi connectivity index (χ2v) is 11.2. The van der Waals surface area contributed by atoms with Crippen molar-refractivity contribution in [3.05, 3.63) is 88.5 Å². The van der Waals surface area contributed by atoms with Crippen LogP contribution in [0.2, 0.25) is 10.0 Å². The number of fused-ring (bicyclic) bond motifs is 1. The van der Waals surface area contributed by atoms with E-state index in [-0.39, 0.29) is 17.6 Å². The Morgan fingerprint density at radius 2 is 1.85 bits per heavy atom. The minimum Gasteiger partial charge on any atom is -0.493 e. The van der Waals surface area contributed by atoms with E-state index in [1.807, 2.05) is 46.8 Å². The molecule has 2 heterocycles. The Morgan fingerprint density at radius 1 is 1.18 bits per heavy atom. The van der Waals surface area contributed by atoms with Crippen molar-refractivity contribution in [2.45, 2.75) is 46.8 Å². The van der Waals surface area contributed by atoms with Crippen LogP contribution < -0.4 is 24.4 Å². The van der Waals surface area contributed by atoms with Crippen LogP contribution in [-0.2, 0) is 4.79 Å². The van der Waals surface area contributed by atoms with E-state index >= 15 is 0 Å². The molecule has 0 saturated heterocycles. The van der Waals surface area contributed by atoms with Crippen LogP contribution in [0.3, 0.4) is 0 Å². The van der Waals surface area contributed by atoms with Crippen LogP contribution in [0.5, 0.6) is 11.5 Å². The van der Waals surface area contributed by atoms with Crippen molar-refractivity contribution in [1.82, 2.24) is 9.47 Å². The number of aromatic nitrogens is 1. The van der Waals surface area contributed by atoms with E-state index in [9.17, 15) is 9.59 Å². The van der Waals surface area contributed by atoms with Gasteiger partial charge in [0.25, 0.3) is 11.5 Å². The van der Waals surface area contributed by atoms with E-state index in [0.29, 0.717) is 60.8 Å². The molecule has 39 heavy (non-hydrogen) atoms. The number of ether oxygens (including phenoxy) is 2. The molecule has 1 aromatic heterocycles. The van der Waals surface area contributed by atoms with E-state index in [1.165, 1.54) is 11.3 Å². The van der Waals surface area contributed by atoms with Crippen molar-refractivity contribution in [2.75, 3.05) is 20.2 Å². The summed E-state index contributed by atoms with van der Waals surface area (Å²) in [6, 6.07) is 10.1. The lowest BCUT2D eigenvalue weighted by Crippen LogP contribution is -2.43. The molecule has 0 saturated carbocycles. The molecule has 1 atom stereocenters. The van der Waals surface area contributed by atoms with Crippen LogP contribution in [0.15, 0.2) is 57.5 Å². The molecule has 0 unspecified atom stereocenters. The van der Waals surface area contributed by atoms with Crippen LogP contribution in [0.1, 0.15) is 51.8 Å². The van der Waals surface area contributed by atoms with E-state index < -0.39 is 6.04 Å². The van der Waals surface area contributed by atoms with Gasteiger partial charge in [-0.1, -0.05) is 46.7 Å². The second kappa shape index (κ2) is 12.0. The third kappa shape index (κ3) is 5.78. The number of nitrogens with zero attached hydrogens (tertiary/aromatic N) is 3. The highest BCUT2D eigenvalue weighted by Gasteiger charge is 2.34. The van der Waals surface area contributed by atoms with E-state index in [1.54, 1.807) is 46.9 Å². The summed E-state index contributed by atoms with van der Waals surface area (Å²) < 4.78 is 13.4. The maximum atomic E-state index is 13.9. The third-order valence-electron chi connectivity index (χ3n) is 6.39. The summed E-state index contributed by atoms with van der Waals surface area (Å²) in [6.07, 6.45) is 1.66. The highest BCUT2D eigenvalue weighted by molar-refractivity contribution is 7.07. The van der Waals surface area contributed by atoms with Crippen LogP contribution in [-0.4, -0.2) is 41.7 Å². The number of amides is 1. The Morgan fingerprint density at radius 3 is 2.44 bits per heavy atom. The van der Waals surface area contributed by atoms with Gasteiger partial charge in [0.05, 0.1) is 40.1 Å². The molecule has 0 aliphatic carbocycles. The molecule has 2 aromatic carbocycles. The molecule has 1 amide bonds. The molecule has 3 aromatic rings. The van der Waals surface area contributed by atoms with Gasteiger partial charge in [-0.25, -0.2) is 4.99 Å². The Bertz CT molecular complexity index is 1600. The molecule has 1 aliphatic rings. The summed E-state index contributed by atoms with van der Waals surface area (Å²) in [7, 11) is 1.54. The highest BCUT2D eigenvalue weighted by atomic mass is 35.5. The van der Waals surface area contributed by atoms with Gasteiger partial charge in [-0.15, -0.1) is 0 Å². The molecule has 0 spiro atoms. The molecule has 0 fully saturated rings. The molecule has 0 N–H and O–H groups in total. The Labute approximate surface area is 241 Å². The first kappa shape index (κ1) is 28.9. The zero-order valence-electron chi connectivity index (χ0n) is 22.7. The van der Waals surface area contributed by atoms with Gasteiger partial charge >= 0.3 is 0 Å². The minimum atomic E-state index is -0.645. The topological polar surface area (TPSA) is 73.1 Å².